The summed E-state index contributed by atoms with van der Waals surface area (Å²) in [6, 6.07) is 21.3. The van der Waals surface area contributed by atoms with Crippen LogP contribution in [0.2, 0.25) is 0 Å². The van der Waals surface area contributed by atoms with Gasteiger partial charge in [0, 0.05) is 12.1 Å². The van der Waals surface area contributed by atoms with Gasteiger partial charge in [-0.1, -0.05) is 36.4 Å². The zero-order valence-electron chi connectivity index (χ0n) is 20.0. The maximum Gasteiger partial charge on any atom is 0.153 e. The minimum atomic E-state index is -0.113. The van der Waals surface area contributed by atoms with Crippen molar-refractivity contribution in [3.05, 3.63) is 106 Å². The summed E-state index contributed by atoms with van der Waals surface area (Å²) < 4.78 is 11.7. The van der Waals surface area contributed by atoms with Gasteiger partial charge in [-0.3, -0.25) is 9.59 Å². The Balaban J connectivity index is 1.53. The van der Waals surface area contributed by atoms with E-state index < -0.39 is 0 Å². The second-order valence-corrected chi connectivity index (χ2v) is 8.43. The molecule has 0 heterocycles. The number of rotatable bonds is 9. The van der Waals surface area contributed by atoms with Gasteiger partial charge < -0.3 is 19.7 Å². The van der Waals surface area contributed by atoms with Crippen molar-refractivity contribution in [1.29, 1.82) is 0 Å². The highest BCUT2D eigenvalue weighted by Gasteiger charge is 2.13. The third-order valence-electron chi connectivity index (χ3n) is 6.23. The molecule has 36 heavy (non-hydrogen) atoms. The van der Waals surface area contributed by atoms with Gasteiger partial charge in [-0.2, -0.15) is 0 Å². The Morgan fingerprint density at radius 2 is 1.06 bits per heavy atom. The number of phenolic OH excluding ortho intramolecular Hbond substituents is 2. The third kappa shape index (κ3) is 5.23. The summed E-state index contributed by atoms with van der Waals surface area (Å²) in [6.07, 6.45) is 1.20. The fourth-order valence-corrected chi connectivity index (χ4v) is 4.01. The van der Waals surface area contributed by atoms with Crippen molar-refractivity contribution in [2.24, 2.45) is 0 Å². The van der Waals surface area contributed by atoms with Gasteiger partial charge in [0.05, 0.1) is 11.1 Å². The molecule has 0 aromatic heterocycles. The monoisotopic (exact) mass is 482 g/mol. The van der Waals surface area contributed by atoms with Crippen LogP contribution in [0.3, 0.4) is 0 Å². The molecular weight excluding hydrogens is 456 g/mol. The SMILES string of the molecule is Cc1c(COc2ccc(C=O)c(O)c2)cccc1-c1cccc(COc2ccc(C=O)c(O)c2)c1C. The standard InChI is InChI=1S/C30H26O6/c1-19-23(17-35-25-11-9-21(15-31)29(33)13-25)5-3-7-27(19)28-8-4-6-24(20(28)2)18-36-26-12-10-22(16-32)30(34)14-26/h3-16,33-34H,17-18H2,1-2H3. The van der Waals surface area contributed by atoms with Crippen molar-refractivity contribution in [3.8, 4) is 34.1 Å². The first kappa shape index (κ1) is 24.5. The average Bonchev–Trinajstić information content (AvgIpc) is 2.88. The van der Waals surface area contributed by atoms with E-state index in [1.165, 1.54) is 24.3 Å². The molecule has 0 amide bonds. The zero-order chi connectivity index (χ0) is 25.7. The topological polar surface area (TPSA) is 93.1 Å². The van der Waals surface area contributed by atoms with Crippen molar-refractivity contribution in [3.63, 3.8) is 0 Å². The Bertz CT molecular complexity index is 1310. The van der Waals surface area contributed by atoms with E-state index in [0.29, 0.717) is 37.3 Å². The normalized spacial score (nSPS) is 10.6. The second kappa shape index (κ2) is 10.8. The molecule has 0 aliphatic rings. The molecule has 6 nitrogen and oxygen atoms in total. The van der Waals surface area contributed by atoms with E-state index in [1.54, 1.807) is 12.1 Å². The van der Waals surface area contributed by atoms with Crippen LogP contribution < -0.4 is 9.47 Å². The minimum Gasteiger partial charge on any atom is -0.507 e. The van der Waals surface area contributed by atoms with Crippen molar-refractivity contribution in [2.45, 2.75) is 27.1 Å². The highest BCUT2D eigenvalue weighted by Crippen LogP contribution is 2.32. The number of hydrogen-bond acceptors (Lipinski definition) is 6. The van der Waals surface area contributed by atoms with Crippen LogP contribution in [-0.4, -0.2) is 22.8 Å². The van der Waals surface area contributed by atoms with Crippen molar-refractivity contribution < 1.29 is 29.3 Å². The number of ether oxygens (including phenoxy) is 2. The van der Waals surface area contributed by atoms with E-state index in [-0.39, 0.29) is 22.6 Å². The number of hydrogen-bond donors (Lipinski definition) is 2. The molecule has 0 atom stereocenters. The second-order valence-electron chi connectivity index (χ2n) is 8.43. The summed E-state index contributed by atoms with van der Waals surface area (Å²) in [6.45, 7) is 4.70. The molecule has 0 aliphatic carbocycles. The van der Waals surface area contributed by atoms with E-state index >= 15 is 0 Å². The van der Waals surface area contributed by atoms with E-state index in [1.807, 2.05) is 38.1 Å². The minimum absolute atomic E-state index is 0.113. The largest absolute Gasteiger partial charge is 0.507 e. The molecule has 4 rings (SSSR count). The van der Waals surface area contributed by atoms with Crippen LogP contribution in [0, 0.1) is 13.8 Å². The van der Waals surface area contributed by atoms with Crippen molar-refractivity contribution in [2.75, 3.05) is 0 Å². The van der Waals surface area contributed by atoms with Crippen LogP contribution in [0.4, 0.5) is 0 Å². The summed E-state index contributed by atoms with van der Waals surface area (Å²) in [4.78, 5) is 21.8. The Hall–Kier alpha value is -4.58. The summed E-state index contributed by atoms with van der Waals surface area (Å²) >= 11 is 0. The van der Waals surface area contributed by atoms with Crippen LogP contribution >= 0.6 is 0 Å². The van der Waals surface area contributed by atoms with Crippen LogP contribution in [-0.2, 0) is 13.2 Å². The molecule has 0 fully saturated rings. The number of benzene rings is 4. The summed E-state index contributed by atoms with van der Waals surface area (Å²) in [5.74, 6) is 0.728. The van der Waals surface area contributed by atoms with E-state index in [2.05, 4.69) is 12.1 Å². The Morgan fingerprint density at radius 3 is 1.42 bits per heavy atom. The summed E-state index contributed by atoms with van der Waals surface area (Å²) in [5.41, 5.74) is 6.72. The smallest absolute Gasteiger partial charge is 0.153 e. The third-order valence-corrected chi connectivity index (χ3v) is 6.23. The van der Waals surface area contributed by atoms with Crippen LogP contribution in [0.15, 0.2) is 72.8 Å². The van der Waals surface area contributed by atoms with Gasteiger partial charge in [0.1, 0.15) is 36.2 Å². The lowest BCUT2D eigenvalue weighted by Crippen LogP contribution is -2.02. The number of phenols is 2. The van der Waals surface area contributed by atoms with Gasteiger partial charge in [-0.25, -0.2) is 0 Å². The number of aldehydes is 2. The fourth-order valence-electron chi connectivity index (χ4n) is 4.01. The fraction of sp³-hybridized carbons (Fsp3) is 0.133. The molecule has 2 N–H and O–H groups in total. The highest BCUT2D eigenvalue weighted by atomic mass is 16.5. The molecule has 0 aliphatic heterocycles. The van der Waals surface area contributed by atoms with Crippen molar-refractivity contribution in [1.82, 2.24) is 0 Å². The molecule has 0 bridgehead atoms. The highest BCUT2D eigenvalue weighted by molar-refractivity contribution is 5.80. The van der Waals surface area contributed by atoms with Gasteiger partial charge in [0.25, 0.3) is 0 Å². The first-order chi connectivity index (χ1) is 17.4. The molecule has 4 aromatic rings. The van der Waals surface area contributed by atoms with E-state index in [4.69, 9.17) is 9.47 Å². The van der Waals surface area contributed by atoms with Gasteiger partial charge in [-0.05, 0) is 71.5 Å². The zero-order valence-corrected chi connectivity index (χ0v) is 20.0. The molecule has 0 unspecified atom stereocenters. The lowest BCUT2D eigenvalue weighted by Gasteiger charge is -2.17. The average molecular weight is 483 g/mol. The van der Waals surface area contributed by atoms with E-state index in [0.717, 1.165) is 33.4 Å². The quantitative estimate of drug-likeness (QED) is 0.277. The predicted octanol–water partition coefficient (Wildman–Crippen LogP) is 6.16. The molecular formula is C30H26O6. The Morgan fingerprint density at radius 1 is 0.639 bits per heavy atom. The van der Waals surface area contributed by atoms with Gasteiger partial charge in [0.15, 0.2) is 12.6 Å². The molecule has 6 heteroatoms. The van der Waals surface area contributed by atoms with Crippen LogP contribution in [0.1, 0.15) is 43.0 Å². The van der Waals surface area contributed by atoms with E-state index in [9.17, 15) is 19.8 Å². The molecule has 4 aromatic carbocycles. The molecule has 182 valence electrons. The molecule has 0 radical (unpaired) electrons. The number of aromatic hydroxyl groups is 2. The van der Waals surface area contributed by atoms with Crippen molar-refractivity contribution >= 4 is 12.6 Å². The maximum absolute atomic E-state index is 10.9. The predicted molar refractivity (Wildman–Crippen MR) is 137 cm³/mol. The summed E-state index contributed by atoms with van der Waals surface area (Å²) in [5, 5.41) is 19.8. The summed E-state index contributed by atoms with van der Waals surface area (Å²) in [7, 11) is 0. The van der Waals surface area contributed by atoms with Gasteiger partial charge in [0.2, 0.25) is 0 Å². The van der Waals surface area contributed by atoms with Gasteiger partial charge in [-0.15, -0.1) is 0 Å². The Kier molecular flexibility index (Phi) is 7.35. The Labute approximate surface area is 209 Å². The lowest BCUT2D eigenvalue weighted by molar-refractivity contribution is 0.111. The molecule has 0 saturated carbocycles. The lowest BCUT2D eigenvalue weighted by atomic mass is 9.92. The first-order valence-electron chi connectivity index (χ1n) is 11.4. The van der Waals surface area contributed by atoms with Crippen LogP contribution in [0.5, 0.6) is 23.0 Å². The van der Waals surface area contributed by atoms with Gasteiger partial charge >= 0.3 is 0 Å². The van der Waals surface area contributed by atoms with Crippen LogP contribution in [0.25, 0.3) is 11.1 Å². The molecule has 0 spiro atoms. The number of carbonyl (C=O) groups is 2. The molecule has 0 saturated heterocycles. The maximum atomic E-state index is 10.9. The first-order valence-corrected chi connectivity index (χ1v) is 11.4. The number of carbonyl (C=O) groups excluding carboxylic acids is 2.